The standard InChI is InChI=1S/C47H37Cl2F3N2O6/c1-26-17-32(43-28(3)37(20-30-11-15-35(49)16-12-30)46(58)54(39(43)18-26)24-31-7-5-4-6-8-31)21-41(55)60-42(56)25-59-40-23-33(47(50,51)52)22-38-44(40)27(2)36(45(57)53-38)19-29-9-13-34(48)14-10-29/h4-18,22-23H,19-21,24-25H2,1-3H3,(H,53,57). The summed E-state index contributed by atoms with van der Waals surface area (Å²) in [5, 5.41) is 1.86. The number of benzene rings is 5. The van der Waals surface area contributed by atoms with Crippen LogP contribution in [-0.2, 0) is 46.3 Å². The molecule has 0 aliphatic heterocycles. The van der Waals surface area contributed by atoms with Crippen LogP contribution in [-0.4, -0.2) is 28.1 Å². The first-order valence-electron chi connectivity index (χ1n) is 18.9. The number of pyridine rings is 2. The predicted molar refractivity (Wildman–Crippen MR) is 226 cm³/mol. The Morgan fingerprint density at radius 2 is 1.32 bits per heavy atom. The molecule has 0 bridgehead atoms. The van der Waals surface area contributed by atoms with E-state index in [1.165, 1.54) is 0 Å². The van der Waals surface area contributed by atoms with Crippen molar-refractivity contribution in [3.8, 4) is 5.75 Å². The molecule has 1 N–H and O–H groups in total. The van der Waals surface area contributed by atoms with Crippen molar-refractivity contribution >= 4 is 56.9 Å². The Kier molecular flexibility index (Phi) is 12.0. The maximum Gasteiger partial charge on any atom is 0.416 e. The molecule has 5 aromatic carbocycles. The van der Waals surface area contributed by atoms with Gasteiger partial charge >= 0.3 is 18.1 Å². The summed E-state index contributed by atoms with van der Waals surface area (Å²) < 4.78 is 54.6. The second-order valence-electron chi connectivity index (χ2n) is 14.7. The van der Waals surface area contributed by atoms with Crippen LogP contribution < -0.4 is 15.9 Å². The zero-order valence-electron chi connectivity index (χ0n) is 32.6. The number of halogens is 5. The maximum atomic E-state index is 14.3. The Balaban J connectivity index is 1.19. The molecular formula is C47H37Cl2F3N2O6. The average molecular weight is 854 g/mol. The second kappa shape index (κ2) is 17.2. The first kappa shape index (κ1) is 42.0. The number of rotatable bonds is 11. The Morgan fingerprint density at radius 3 is 1.93 bits per heavy atom. The molecule has 0 fully saturated rings. The molecule has 7 rings (SSSR count). The van der Waals surface area contributed by atoms with E-state index in [9.17, 15) is 32.3 Å². The number of hydrogen-bond donors (Lipinski definition) is 1. The van der Waals surface area contributed by atoms with Gasteiger partial charge in [0.05, 0.1) is 29.6 Å². The van der Waals surface area contributed by atoms with E-state index in [1.807, 2.05) is 62.4 Å². The van der Waals surface area contributed by atoms with E-state index in [2.05, 4.69) is 4.98 Å². The number of H-pyrrole nitrogens is 1. The van der Waals surface area contributed by atoms with Crippen LogP contribution in [0, 0.1) is 20.8 Å². The topological polar surface area (TPSA) is 107 Å². The van der Waals surface area contributed by atoms with Gasteiger partial charge in [-0.05, 0) is 102 Å². The van der Waals surface area contributed by atoms with Crippen molar-refractivity contribution in [2.75, 3.05) is 6.61 Å². The van der Waals surface area contributed by atoms with Crippen LogP contribution in [0.5, 0.6) is 5.75 Å². The Bertz CT molecular complexity index is 2910. The minimum atomic E-state index is -4.81. The fourth-order valence-electron chi connectivity index (χ4n) is 7.55. The van der Waals surface area contributed by atoms with Crippen LogP contribution in [0.4, 0.5) is 13.2 Å². The van der Waals surface area contributed by atoms with Crippen molar-refractivity contribution in [3.05, 3.63) is 190 Å². The van der Waals surface area contributed by atoms with Gasteiger partial charge in [-0.25, -0.2) is 4.79 Å². The van der Waals surface area contributed by atoms with Crippen molar-refractivity contribution in [3.63, 3.8) is 0 Å². The van der Waals surface area contributed by atoms with Gasteiger partial charge in [0, 0.05) is 44.8 Å². The van der Waals surface area contributed by atoms with Crippen molar-refractivity contribution in [1.82, 2.24) is 9.55 Å². The van der Waals surface area contributed by atoms with Gasteiger partial charge in [0.2, 0.25) is 0 Å². The molecule has 0 unspecified atom stereocenters. The van der Waals surface area contributed by atoms with Crippen molar-refractivity contribution in [2.24, 2.45) is 0 Å². The van der Waals surface area contributed by atoms with Gasteiger partial charge < -0.3 is 19.0 Å². The number of carbonyl (C=O) groups is 2. The van der Waals surface area contributed by atoms with Gasteiger partial charge in [-0.1, -0.05) is 83.9 Å². The lowest BCUT2D eigenvalue weighted by atomic mass is 9.93. The van der Waals surface area contributed by atoms with Crippen molar-refractivity contribution in [2.45, 2.75) is 52.8 Å². The van der Waals surface area contributed by atoms with Crippen LogP contribution in [0.25, 0.3) is 21.8 Å². The number of ether oxygens (including phenoxy) is 2. The summed E-state index contributed by atoms with van der Waals surface area (Å²) >= 11 is 12.2. The molecule has 0 aliphatic rings. The molecule has 13 heteroatoms. The molecule has 0 aliphatic carbocycles. The lowest BCUT2D eigenvalue weighted by molar-refractivity contribution is -0.160. The van der Waals surface area contributed by atoms with Crippen LogP contribution >= 0.6 is 23.2 Å². The second-order valence-corrected chi connectivity index (χ2v) is 15.5. The molecule has 7 aromatic rings. The van der Waals surface area contributed by atoms with E-state index < -0.39 is 35.8 Å². The molecule has 306 valence electrons. The third-order valence-electron chi connectivity index (χ3n) is 10.4. The highest BCUT2D eigenvalue weighted by Gasteiger charge is 2.33. The molecule has 2 aromatic heterocycles. The molecule has 0 amide bonds. The van der Waals surface area contributed by atoms with Crippen molar-refractivity contribution in [1.29, 1.82) is 0 Å². The maximum absolute atomic E-state index is 14.3. The van der Waals surface area contributed by atoms with Gasteiger partial charge in [0.25, 0.3) is 11.1 Å². The predicted octanol–water partition coefficient (Wildman–Crippen LogP) is 10.0. The summed E-state index contributed by atoms with van der Waals surface area (Å²) in [7, 11) is 0. The van der Waals surface area contributed by atoms with Crippen molar-refractivity contribution < 1.29 is 32.2 Å². The quantitative estimate of drug-likeness (QED) is 0.103. The van der Waals surface area contributed by atoms with Crippen LogP contribution in [0.3, 0.4) is 0 Å². The summed E-state index contributed by atoms with van der Waals surface area (Å²) in [4.78, 5) is 56.6. The number of fused-ring (bicyclic) bond motifs is 2. The van der Waals surface area contributed by atoms with Gasteiger partial charge in [0.15, 0.2) is 6.61 Å². The smallest absolute Gasteiger partial charge is 0.416 e. The molecule has 0 saturated carbocycles. The first-order chi connectivity index (χ1) is 28.5. The zero-order chi connectivity index (χ0) is 42.9. The summed E-state index contributed by atoms with van der Waals surface area (Å²) in [5.41, 5.74) is 4.12. The third kappa shape index (κ3) is 9.17. The lowest BCUT2D eigenvalue weighted by Gasteiger charge is -2.20. The minimum absolute atomic E-state index is 0.142. The van der Waals surface area contributed by atoms with Gasteiger partial charge in [-0.2, -0.15) is 13.2 Å². The number of nitrogens with one attached hydrogen (secondary N) is 1. The van der Waals surface area contributed by atoms with E-state index in [0.717, 1.165) is 34.4 Å². The van der Waals surface area contributed by atoms with E-state index in [1.54, 1.807) is 54.0 Å². The van der Waals surface area contributed by atoms with E-state index >= 15 is 0 Å². The van der Waals surface area contributed by atoms with Crippen LogP contribution in [0.2, 0.25) is 10.0 Å². The number of hydrogen-bond acceptors (Lipinski definition) is 6. The summed E-state index contributed by atoms with van der Waals surface area (Å²) in [6.45, 7) is 4.58. The number of esters is 2. The fourth-order valence-corrected chi connectivity index (χ4v) is 7.80. The first-order valence-corrected chi connectivity index (χ1v) is 19.6. The normalized spacial score (nSPS) is 11.6. The van der Waals surface area contributed by atoms with Crippen LogP contribution in [0.1, 0.15) is 55.6 Å². The minimum Gasteiger partial charge on any atom is -0.481 e. The Hall–Kier alpha value is -6.17. The summed E-state index contributed by atoms with van der Waals surface area (Å²) in [6, 6.07) is 28.7. The molecular weight excluding hydrogens is 816 g/mol. The number of aromatic amines is 1. The molecule has 0 spiro atoms. The SMILES string of the molecule is Cc1cc(CC(=O)OC(=O)COc2cc(C(F)(F)F)cc3[nH]c(=O)c(Cc4ccc(Cl)cc4)c(C)c23)c2c(C)c(Cc3ccc(Cl)cc3)c(=O)n(Cc3ccccc3)c2c1. The Labute approximate surface area is 352 Å². The fraction of sp³-hybridized carbons (Fsp3) is 0.191. The van der Waals surface area contributed by atoms with E-state index in [0.29, 0.717) is 49.6 Å². The summed E-state index contributed by atoms with van der Waals surface area (Å²) in [6.07, 6.45) is -4.75. The van der Waals surface area contributed by atoms with Crippen LogP contribution in [0.15, 0.2) is 113 Å². The number of aromatic nitrogens is 2. The monoisotopic (exact) mass is 852 g/mol. The zero-order valence-corrected chi connectivity index (χ0v) is 34.1. The average Bonchev–Trinajstić information content (AvgIpc) is 3.19. The highest BCUT2D eigenvalue weighted by molar-refractivity contribution is 6.30. The largest absolute Gasteiger partial charge is 0.481 e. The van der Waals surface area contributed by atoms with E-state index in [4.69, 9.17) is 32.7 Å². The third-order valence-corrected chi connectivity index (χ3v) is 10.9. The van der Waals surface area contributed by atoms with Gasteiger partial charge in [-0.15, -0.1) is 0 Å². The molecule has 2 heterocycles. The highest BCUT2D eigenvalue weighted by atomic mass is 35.5. The van der Waals surface area contributed by atoms with Gasteiger partial charge in [-0.3, -0.25) is 14.4 Å². The number of aryl methyl sites for hydroxylation is 3. The molecule has 60 heavy (non-hydrogen) atoms. The number of nitrogens with zero attached hydrogens (tertiary/aromatic N) is 1. The highest BCUT2D eigenvalue weighted by Crippen LogP contribution is 2.38. The number of alkyl halides is 3. The Morgan fingerprint density at radius 1 is 0.717 bits per heavy atom. The molecule has 0 saturated heterocycles. The molecule has 8 nitrogen and oxygen atoms in total. The lowest BCUT2D eigenvalue weighted by Crippen LogP contribution is -2.27. The molecule has 0 radical (unpaired) electrons. The van der Waals surface area contributed by atoms with E-state index in [-0.39, 0.29) is 47.2 Å². The molecule has 0 atom stereocenters. The number of carbonyl (C=O) groups excluding carboxylic acids is 2. The summed E-state index contributed by atoms with van der Waals surface area (Å²) in [5.74, 6) is -2.41. The van der Waals surface area contributed by atoms with Gasteiger partial charge in [0.1, 0.15) is 5.75 Å².